The molecule has 86 valence electrons. The van der Waals surface area contributed by atoms with Crippen molar-refractivity contribution in [1.82, 2.24) is 0 Å². The third-order valence-corrected chi connectivity index (χ3v) is 4.84. The highest BCUT2D eigenvalue weighted by atomic mass is 79.9. The van der Waals surface area contributed by atoms with Crippen molar-refractivity contribution < 1.29 is 5.11 Å². The molecule has 0 aliphatic heterocycles. The average molecular weight is 281 g/mol. The van der Waals surface area contributed by atoms with E-state index in [4.69, 9.17) is 0 Å². The lowest BCUT2D eigenvalue weighted by atomic mass is 9.86. The first-order chi connectivity index (χ1) is 7.68. The van der Waals surface area contributed by atoms with Crippen LogP contribution >= 0.6 is 15.9 Å². The highest BCUT2D eigenvalue weighted by molar-refractivity contribution is 9.10. The van der Waals surface area contributed by atoms with E-state index in [1.807, 2.05) is 0 Å². The summed E-state index contributed by atoms with van der Waals surface area (Å²) in [6.45, 7) is 2.15. The summed E-state index contributed by atoms with van der Waals surface area (Å²) in [5.41, 5.74) is 5.68. The molecule has 2 aliphatic carbocycles. The molecule has 0 spiro atoms. The first-order valence-corrected chi connectivity index (χ1v) is 6.99. The molecule has 16 heavy (non-hydrogen) atoms. The quantitative estimate of drug-likeness (QED) is 0.771. The zero-order valence-corrected chi connectivity index (χ0v) is 11.2. The lowest BCUT2D eigenvalue weighted by Crippen LogP contribution is -2.08. The van der Waals surface area contributed by atoms with Crippen LogP contribution in [0.4, 0.5) is 0 Å². The maximum Gasteiger partial charge on any atom is 0.0821 e. The van der Waals surface area contributed by atoms with Gasteiger partial charge in [0.05, 0.1) is 6.10 Å². The van der Waals surface area contributed by atoms with Gasteiger partial charge in [0, 0.05) is 4.47 Å². The summed E-state index contributed by atoms with van der Waals surface area (Å²) < 4.78 is 1.22. The number of aliphatic hydroxyl groups is 1. The van der Waals surface area contributed by atoms with Crippen LogP contribution in [0.25, 0.3) is 0 Å². The number of halogens is 1. The summed E-state index contributed by atoms with van der Waals surface area (Å²) in [7, 11) is 0. The molecule has 1 aromatic carbocycles. The van der Waals surface area contributed by atoms with Crippen molar-refractivity contribution in [3.05, 3.63) is 32.8 Å². The minimum Gasteiger partial charge on any atom is -0.388 e. The Labute approximate surface area is 105 Å². The number of hydrogen-bond donors (Lipinski definition) is 1. The Hall–Kier alpha value is -0.340. The van der Waals surface area contributed by atoms with Crippen molar-refractivity contribution in [2.45, 2.75) is 45.1 Å². The molecule has 0 saturated carbocycles. The van der Waals surface area contributed by atoms with Crippen molar-refractivity contribution in [1.29, 1.82) is 0 Å². The number of aliphatic hydroxyl groups excluding tert-OH is 1. The van der Waals surface area contributed by atoms with Gasteiger partial charge in [-0.2, -0.15) is 0 Å². The van der Waals surface area contributed by atoms with Gasteiger partial charge >= 0.3 is 0 Å². The normalized spacial score (nSPS) is 27.7. The smallest absolute Gasteiger partial charge is 0.0821 e. The Balaban J connectivity index is 2.20. The van der Waals surface area contributed by atoms with Crippen LogP contribution in [-0.4, -0.2) is 5.11 Å². The fourth-order valence-electron chi connectivity index (χ4n) is 3.23. The van der Waals surface area contributed by atoms with E-state index in [1.54, 1.807) is 5.56 Å². The molecule has 0 amide bonds. The number of rotatable bonds is 0. The standard InChI is InChI=1S/C14H17BrO/c1-8-6-11-9-4-2-3-5-10(9)13(15)7-12(11)14(8)16/h7-8,14,16H,2-6H2,1H3. The molecule has 1 N–H and O–H groups in total. The summed E-state index contributed by atoms with van der Waals surface area (Å²) in [6.07, 6.45) is 5.83. The minimum atomic E-state index is -0.251. The number of fused-ring (bicyclic) bond motifs is 3. The van der Waals surface area contributed by atoms with E-state index in [0.717, 1.165) is 6.42 Å². The van der Waals surface area contributed by atoms with Crippen LogP contribution in [0.1, 0.15) is 48.1 Å². The van der Waals surface area contributed by atoms with E-state index in [-0.39, 0.29) is 6.10 Å². The fraction of sp³-hybridized carbons (Fsp3) is 0.571. The first-order valence-electron chi connectivity index (χ1n) is 6.19. The monoisotopic (exact) mass is 280 g/mol. The van der Waals surface area contributed by atoms with Gasteiger partial charge in [-0.05, 0) is 66.3 Å². The molecule has 3 rings (SSSR count). The average Bonchev–Trinajstić information content (AvgIpc) is 2.57. The zero-order chi connectivity index (χ0) is 11.3. The second-order valence-electron chi connectivity index (χ2n) is 5.22. The van der Waals surface area contributed by atoms with Crippen LogP contribution in [0.2, 0.25) is 0 Å². The van der Waals surface area contributed by atoms with Crippen molar-refractivity contribution in [3.63, 3.8) is 0 Å². The van der Waals surface area contributed by atoms with Gasteiger partial charge in [-0.25, -0.2) is 0 Å². The molecule has 1 nitrogen and oxygen atoms in total. The Morgan fingerprint density at radius 3 is 2.62 bits per heavy atom. The molecule has 0 bridgehead atoms. The Bertz CT molecular complexity index is 439. The van der Waals surface area contributed by atoms with Crippen molar-refractivity contribution >= 4 is 15.9 Å². The van der Waals surface area contributed by atoms with E-state index < -0.39 is 0 Å². The Morgan fingerprint density at radius 1 is 1.19 bits per heavy atom. The SMILES string of the molecule is CC1Cc2c(cc(Br)c3c2CCCC3)C1O. The van der Waals surface area contributed by atoms with Gasteiger partial charge in [0.25, 0.3) is 0 Å². The maximum absolute atomic E-state index is 10.2. The van der Waals surface area contributed by atoms with Crippen LogP contribution in [-0.2, 0) is 19.3 Å². The fourth-order valence-corrected chi connectivity index (χ4v) is 3.92. The van der Waals surface area contributed by atoms with Gasteiger partial charge in [-0.15, -0.1) is 0 Å². The molecule has 0 heterocycles. The topological polar surface area (TPSA) is 20.2 Å². The number of hydrogen-bond acceptors (Lipinski definition) is 1. The summed E-state index contributed by atoms with van der Waals surface area (Å²) >= 11 is 3.67. The third kappa shape index (κ3) is 1.46. The summed E-state index contributed by atoms with van der Waals surface area (Å²) in [5.74, 6) is 0.385. The van der Waals surface area contributed by atoms with Gasteiger partial charge in [-0.1, -0.05) is 22.9 Å². The molecule has 2 heteroatoms. The lowest BCUT2D eigenvalue weighted by Gasteiger charge is -2.21. The molecular formula is C14H17BrO. The zero-order valence-electron chi connectivity index (χ0n) is 9.59. The van der Waals surface area contributed by atoms with Crippen LogP contribution < -0.4 is 0 Å². The largest absolute Gasteiger partial charge is 0.388 e. The minimum absolute atomic E-state index is 0.251. The number of benzene rings is 1. The summed E-state index contributed by atoms with van der Waals surface area (Å²) in [5, 5.41) is 10.2. The van der Waals surface area contributed by atoms with Gasteiger partial charge < -0.3 is 5.11 Å². The van der Waals surface area contributed by atoms with Gasteiger partial charge in [0.15, 0.2) is 0 Å². The molecule has 2 unspecified atom stereocenters. The van der Waals surface area contributed by atoms with E-state index in [0.29, 0.717) is 5.92 Å². The molecule has 0 radical (unpaired) electrons. The van der Waals surface area contributed by atoms with E-state index in [1.165, 1.54) is 46.8 Å². The lowest BCUT2D eigenvalue weighted by molar-refractivity contribution is 0.133. The molecule has 2 aliphatic rings. The van der Waals surface area contributed by atoms with E-state index >= 15 is 0 Å². The van der Waals surface area contributed by atoms with Crippen molar-refractivity contribution in [2.75, 3.05) is 0 Å². The maximum atomic E-state index is 10.2. The van der Waals surface area contributed by atoms with Crippen LogP contribution in [0.3, 0.4) is 0 Å². The van der Waals surface area contributed by atoms with Crippen LogP contribution in [0.15, 0.2) is 10.5 Å². The molecule has 2 atom stereocenters. The van der Waals surface area contributed by atoms with Gasteiger partial charge in [0.1, 0.15) is 0 Å². The molecule has 0 fully saturated rings. The second kappa shape index (κ2) is 3.85. The second-order valence-corrected chi connectivity index (χ2v) is 6.07. The molecule has 0 aromatic heterocycles. The Morgan fingerprint density at radius 2 is 1.88 bits per heavy atom. The highest BCUT2D eigenvalue weighted by Crippen LogP contribution is 2.43. The van der Waals surface area contributed by atoms with E-state index in [9.17, 15) is 5.11 Å². The molecule has 0 saturated heterocycles. The predicted molar refractivity (Wildman–Crippen MR) is 68.6 cm³/mol. The molecule has 1 aromatic rings. The predicted octanol–water partition coefficient (Wildman–Crippen LogP) is 3.55. The van der Waals surface area contributed by atoms with Crippen molar-refractivity contribution in [2.24, 2.45) is 5.92 Å². The highest BCUT2D eigenvalue weighted by Gasteiger charge is 2.32. The third-order valence-electron chi connectivity index (χ3n) is 4.13. The van der Waals surface area contributed by atoms with Crippen LogP contribution in [0.5, 0.6) is 0 Å². The Kier molecular flexibility index (Phi) is 2.60. The van der Waals surface area contributed by atoms with Gasteiger partial charge in [0.2, 0.25) is 0 Å². The first kappa shape index (κ1) is 10.8. The van der Waals surface area contributed by atoms with Gasteiger partial charge in [-0.3, -0.25) is 0 Å². The summed E-state index contributed by atoms with van der Waals surface area (Å²) in [6, 6.07) is 2.16. The van der Waals surface area contributed by atoms with Crippen molar-refractivity contribution in [3.8, 4) is 0 Å². The summed E-state index contributed by atoms with van der Waals surface area (Å²) in [4.78, 5) is 0. The molecular weight excluding hydrogens is 264 g/mol. The van der Waals surface area contributed by atoms with E-state index in [2.05, 4.69) is 28.9 Å². The van der Waals surface area contributed by atoms with Crippen LogP contribution in [0, 0.1) is 5.92 Å².